The van der Waals surface area contributed by atoms with Crippen LogP contribution in [0.15, 0.2) is 30.0 Å². The first kappa shape index (κ1) is 14.8. The van der Waals surface area contributed by atoms with Crippen LogP contribution >= 0.6 is 0 Å². The summed E-state index contributed by atoms with van der Waals surface area (Å²) in [7, 11) is 5.55. The number of rotatable bonds is 3. The fraction of sp³-hybridized carbons (Fsp3) is 0.263. The van der Waals surface area contributed by atoms with Crippen LogP contribution in [-0.2, 0) is 13.5 Å². The molecule has 2 aromatic heterocycles. The van der Waals surface area contributed by atoms with E-state index in [-0.39, 0.29) is 0 Å². The number of benzene rings is 1. The van der Waals surface area contributed by atoms with Crippen LogP contribution in [0.25, 0.3) is 28.4 Å². The molecule has 0 unspecified atom stereocenters. The van der Waals surface area contributed by atoms with E-state index >= 15 is 0 Å². The van der Waals surface area contributed by atoms with E-state index in [1.807, 2.05) is 30.9 Å². The van der Waals surface area contributed by atoms with Gasteiger partial charge in [0.15, 0.2) is 0 Å². The summed E-state index contributed by atoms with van der Waals surface area (Å²) >= 11 is 0. The highest BCUT2D eigenvalue weighted by Gasteiger charge is 2.17. The van der Waals surface area contributed by atoms with E-state index < -0.39 is 0 Å². The number of methoxy groups -OCH3 is 1. The number of hydrogen-bond acceptors (Lipinski definition) is 4. The number of imidazole rings is 1. The molecule has 0 fully saturated rings. The number of fused-ring (bicyclic) bond motifs is 2. The Bertz CT molecular complexity index is 985. The third-order valence-corrected chi connectivity index (χ3v) is 4.60. The predicted molar refractivity (Wildman–Crippen MR) is 97.4 cm³/mol. The summed E-state index contributed by atoms with van der Waals surface area (Å²) in [5.74, 6) is 1.63. The predicted octanol–water partition coefficient (Wildman–Crippen LogP) is 3.65. The molecule has 24 heavy (non-hydrogen) atoms. The summed E-state index contributed by atoms with van der Waals surface area (Å²) in [5, 5.41) is 3.11. The molecule has 1 aliphatic carbocycles. The molecule has 1 N–H and O–H groups in total. The van der Waals surface area contributed by atoms with E-state index in [2.05, 4.69) is 40.4 Å². The lowest BCUT2D eigenvalue weighted by Gasteiger charge is -2.10. The fourth-order valence-electron chi connectivity index (χ4n) is 3.37. The number of aromatic nitrogens is 3. The number of aryl methyl sites for hydroxylation is 1. The monoisotopic (exact) mass is 320 g/mol. The first-order valence-electron chi connectivity index (χ1n) is 7.99. The van der Waals surface area contributed by atoms with Crippen molar-refractivity contribution in [1.82, 2.24) is 14.5 Å². The summed E-state index contributed by atoms with van der Waals surface area (Å²) in [6.45, 7) is 2.15. The standard InChI is InChI=1S/C19H20N4O/c1-11-5-12-7-15(21-10-13(12)6-11)14-8-16-17(9-18(14)24-4)23(3)19(20-2)22-16/h6-10H,5H2,1-4H3,(H,20,22). The molecule has 5 heteroatoms. The van der Waals surface area contributed by atoms with Crippen LogP contribution in [0.4, 0.5) is 5.95 Å². The maximum absolute atomic E-state index is 5.63. The number of allylic oxidation sites excluding steroid dienone is 1. The first-order chi connectivity index (χ1) is 11.6. The van der Waals surface area contributed by atoms with Crippen molar-refractivity contribution in [1.29, 1.82) is 0 Å². The van der Waals surface area contributed by atoms with Gasteiger partial charge in [0.05, 0.1) is 23.8 Å². The lowest BCUT2D eigenvalue weighted by atomic mass is 10.0. The van der Waals surface area contributed by atoms with Crippen LogP contribution in [0.3, 0.4) is 0 Å². The molecule has 0 atom stereocenters. The molecule has 0 amide bonds. The Hall–Kier alpha value is -2.82. The van der Waals surface area contributed by atoms with E-state index in [9.17, 15) is 0 Å². The fourth-order valence-corrected chi connectivity index (χ4v) is 3.37. The third-order valence-electron chi connectivity index (χ3n) is 4.60. The summed E-state index contributed by atoms with van der Waals surface area (Å²) < 4.78 is 7.65. The largest absolute Gasteiger partial charge is 0.496 e. The van der Waals surface area contributed by atoms with Crippen molar-refractivity contribution in [2.24, 2.45) is 7.05 Å². The van der Waals surface area contributed by atoms with Crippen molar-refractivity contribution < 1.29 is 4.74 Å². The Morgan fingerprint density at radius 3 is 2.83 bits per heavy atom. The molecule has 0 saturated heterocycles. The Morgan fingerprint density at radius 1 is 1.25 bits per heavy atom. The lowest BCUT2D eigenvalue weighted by Crippen LogP contribution is -1.98. The highest BCUT2D eigenvalue weighted by atomic mass is 16.5. The second kappa shape index (κ2) is 5.37. The highest BCUT2D eigenvalue weighted by Crippen LogP contribution is 2.36. The summed E-state index contributed by atoms with van der Waals surface area (Å²) in [6, 6.07) is 6.24. The summed E-state index contributed by atoms with van der Waals surface area (Å²) in [5.41, 5.74) is 7.75. The molecule has 122 valence electrons. The number of nitrogens with one attached hydrogen (secondary N) is 1. The maximum Gasteiger partial charge on any atom is 0.203 e. The van der Waals surface area contributed by atoms with Crippen LogP contribution in [-0.4, -0.2) is 28.7 Å². The minimum atomic E-state index is 0.809. The zero-order valence-corrected chi connectivity index (χ0v) is 14.3. The minimum Gasteiger partial charge on any atom is -0.496 e. The number of ether oxygens (including phenoxy) is 1. The van der Waals surface area contributed by atoms with Gasteiger partial charge in [0, 0.05) is 31.9 Å². The van der Waals surface area contributed by atoms with Gasteiger partial charge in [-0.2, -0.15) is 0 Å². The molecule has 3 aromatic rings. The van der Waals surface area contributed by atoms with Crippen molar-refractivity contribution >= 4 is 23.1 Å². The zero-order valence-electron chi connectivity index (χ0n) is 14.3. The van der Waals surface area contributed by atoms with E-state index in [0.29, 0.717) is 0 Å². The quantitative estimate of drug-likeness (QED) is 0.800. The molecule has 4 rings (SSSR count). The van der Waals surface area contributed by atoms with Crippen LogP contribution in [0.1, 0.15) is 18.1 Å². The van der Waals surface area contributed by atoms with Crippen LogP contribution in [0.5, 0.6) is 5.75 Å². The second-order valence-electron chi connectivity index (χ2n) is 6.22. The Kier molecular flexibility index (Phi) is 3.30. The summed E-state index contributed by atoms with van der Waals surface area (Å²) in [6.07, 6.45) is 5.13. The topological polar surface area (TPSA) is 52.0 Å². The van der Waals surface area contributed by atoms with Gasteiger partial charge in [-0.15, -0.1) is 0 Å². The van der Waals surface area contributed by atoms with Gasteiger partial charge < -0.3 is 14.6 Å². The molecule has 0 bridgehead atoms. The van der Waals surface area contributed by atoms with Gasteiger partial charge in [-0.3, -0.25) is 4.98 Å². The SMILES string of the molecule is CNc1nc2cc(-c3cc4c(cn3)C=C(C)C4)c(OC)cc2n1C. The maximum atomic E-state index is 5.63. The minimum absolute atomic E-state index is 0.809. The average Bonchev–Trinajstić information content (AvgIpc) is 3.11. The van der Waals surface area contributed by atoms with Gasteiger partial charge in [-0.1, -0.05) is 11.6 Å². The van der Waals surface area contributed by atoms with Crippen LogP contribution in [0.2, 0.25) is 0 Å². The lowest BCUT2D eigenvalue weighted by molar-refractivity contribution is 0.416. The molecule has 5 nitrogen and oxygen atoms in total. The second-order valence-corrected chi connectivity index (χ2v) is 6.22. The summed E-state index contributed by atoms with van der Waals surface area (Å²) in [4.78, 5) is 9.28. The number of anilines is 1. The van der Waals surface area contributed by atoms with Gasteiger partial charge in [-0.05, 0) is 36.6 Å². The Morgan fingerprint density at radius 2 is 2.08 bits per heavy atom. The van der Waals surface area contributed by atoms with E-state index in [1.165, 1.54) is 16.7 Å². The zero-order chi connectivity index (χ0) is 16.8. The third kappa shape index (κ3) is 2.16. The van der Waals surface area contributed by atoms with Crippen LogP contribution in [0, 0.1) is 0 Å². The number of nitrogens with zero attached hydrogens (tertiary/aromatic N) is 3. The normalized spacial score (nSPS) is 13.1. The van der Waals surface area contributed by atoms with Gasteiger partial charge in [-0.25, -0.2) is 4.98 Å². The van der Waals surface area contributed by atoms with Crippen molar-refractivity contribution in [3.05, 3.63) is 41.1 Å². The van der Waals surface area contributed by atoms with Crippen molar-refractivity contribution in [3.63, 3.8) is 0 Å². The van der Waals surface area contributed by atoms with E-state index in [0.717, 1.165) is 40.4 Å². The molecule has 2 heterocycles. The van der Waals surface area contributed by atoms with Crippen molar-refractivity contribution in [2.45, 2.75) is 13.3 Å². The van der Waals surface area contributed by atoms with E-state index in [4.69, 9.17) is 4.74 Å². The number of pyridine rings is 1. The molecule has 0 saturated carbocycles. The average molecular weight is 320 g/mol. The highest BCUT2D eigenvalue weighted by molar-refractivity contribution is 5.87. The van der Waals surface area contributed by atoms with Crippen molar-refractivity contribution in [3.8, 4) is 17.0 Å². The Labute approximate surface area is 141 Å². The van der Waals surface area contributed by atoms with E-state index in [1.54, 1.807) is 7.11 Å². The molecule has 0 radical (unpaired) electrons. The molecular formula is C19H20N4O. The van der Waals surface area contributed by atoms with Crippen LogP contribution < -0.4 is 10.1 Å². The molecule has 0 aliphatic heterocycles. The number of hydrogen-bond donors (Lipinski definition) is 1. The Balaban J connectivity index is 1.89. The van der Waals surface area contributed by atoms with Gasteiger partial charge >= 0.3 is 0 Å². The molecule has 1 aromatic carbocycles. The molecule has 1 aliphatic rings. The first-order valence-corrected chi connectivity index (χ1v) is 7.99. The van der Waals surface area contributed by atoms with Gasteiger partial charge in [0.25, 0.3) is 0 Å². The van der Waals surface area contributed by atoms with Crippen molar-refractivity contribution in [2.75, 3.05) is 19.5 Å². The molecule has 0 spiro atoms. The molecular weight excluding hydrogens is 300 g/mol. The smallest absolute Gasteiger partial charge is 0.203 e. The van der Waals surface area contributed by atoms with Gasteiger partial charge in [0.1, 0.15) is 5.75 Å². The van der Waals surface area contributed by atoms with Gasteiger partial charge in [0.2, 0.25) is 5.95 Å².